The summed E-state index contributed by atoms with van der Waals surface area (Å²) in [6.07, 6.45) is 0. The molecule has 1 aromatic carbocycles. The molecule has 0 unspecified atom stereocenters. The lowest BCUT2D eigenvalue weighted by atomic mass is 10.1. The van der Waals surface area contributed by atoms with Gasteiger partial charge in [0.1, 0.15) is 10.6 Å². The van der Waals surface area contributed by atoms with E-state index in [1.165, 1.54) is 11.3 Å². The average Bonchev–Trinajstić information content (AvgIpc) is 2.93. The zero-order valence-electron chi connectivity index (χ0n) is 11.4. The third-order valence-corrected chi connectivity index (χ3v) is 4.08. The fourth-order valence-electron chi connectivity index (χ4n) is 1.95. The van der Waals surface area contributed by atoms with Gasteiger partial charge in [0.05, 0.1) is 7.11 Å². The lowest BCUT2D eigenvalue weighted by Crippen LogP contribution is -2.19. The molecule has 2 rings (SSSR count). The summed E-state index contributed by atoms with van der Waals surface area (Å²) in [5.74, 6) is -0.0521. The Hall–Kier alpha value is -1.85. The topological polar surface area (TPSA) is 58.6 Å². The van der Waals surface area contributed by atoms with Gasteiger partial charge in [-0.1, -0.05) is 12.1 Å². The van der Waals surface area contributed by atoms with E-state index in [1.54, 1.807) is 12.5 Å². The third-order valence-electron chi connectivity index (χ3n) is 3.13. The molecule has 2 N–H and O–H groups in total. The molecule has 0 saturated carbocycles. The SMILES string of the molecule is COc1cccc([C@H](C)NCc2ccsc2C(=O)O)c1. The van der Waals surface area contributed by atoms with Crippen LogP contribution >= 0.6 is 11.3 Å². The average molecular weight is 291 g/mol. The largest absolute Gasteiger partial charge is 0.497 e. The van der Waals surface area contributed by atoms with Crippen molar-refractivity contribution in [3.8, 4) is 5.75 Å². The predicted molar refractivity (Wildman–Crippen MR) is 79.5 cm³/mol. The fourth-order valence-corrected chi connectivity index (χ4v) is 2.72. The Kier molecular flexibility index (Phi) is 4.76. The molecule has 106 valence electrons. The van der Waals surface area contributed by atoms with E-state index >= 15 is 0 Å². The molecule has 20 heavy (non-hydrogen) atoms. The van der Waals surface area contributed by atoms with Crippen LogP contribution in [-0.4, -0.2) is 18.2 Å². The van der Waals surface area contributed by atoms with Crippen molar-refractivity contribution in [1.82, 2.24) is 5.32 Å². The lowest BCUT2D eigenvalue weighted by molar-refractivity contribution is 0.0701. The maximum Gasteiger partial charge on any atom is 0.346 e. The molecule has 0 spiro atoms. The van der Waals surface area contributed by atoms with Crippen molar-refractivity contribution in [2.45, 2.75) is 19.5 Å². The van der Waals surface area contributed by atoms with Crippen LogP contribution in [-0.2, 0) is 6.54 Å². The second-order valence-electron chi connectivity index (χ2n) is 4.46. The third kappa shape index (κ3) is 3.37. The molecule has 0 fully saturated rings. The van der Waals surface area contributed by atoms with Crippen LogP contribution in [0.3, 0.4) is 0 Å². The fraction of sp³-hybridized carbons (Fsp3) is 0.267. The number of carboxylic acids is 1. The van der Waals surface area contributed by atoms with Gasteiger partial charge in [-0.3, -0.25) is 0 Å². The summed E-state index contributed by atoms with van der Waals surface area (Å²) in [7, 11) is 1.64. The van der Waals surface area contributed by atoms with Crippen LogP contribution in [0, 0.1) is 0 Å². The summed E-state index contributed by atoms with van der Waals surface area (Å²) in [5, 5.41) is 14.2. The summed E-state index contributed by atoms with van der Waals surface area (Å²) in [6.45, 7) is 2.57. The molecule has 0 aliphatic heterocycles. The first-order valence-electron chi connectivity index (χ1n) is 6.29. The molecule has 0 radical (unpaired) electrons. The molecule has 0 aliphatic carbocycles. The van der Waals surface area contributed by atoms with E-state index in [1.807, 2.05) is 37.3 Å². The van der Waals surface area contributed by atoms with Gasteiger partial charge in [-0.15, -0.1) is 11.3 Å². The predicted octanol–water partition coefficient (Wildman–Crippen LogP) is 3.31. The number of hydrogen-bond acceptors (Lipinski definition) is 4. The van der Waals surface area contributed by atoms with Gasteiger partial charge in [-0.2, -0.15) is 0 Å². The number of aromatic carboxylic acids is 1. The molecule has 0 saturated heterocycles. The molecule has 0 aliphatic rings. The van der Waals surface area contributed by atoms with Gasteiger partial charge < -0.3 is 15.2 Å². The first-order chi connectivity index (χ1) is 9.61. The minimum atomic E-state index is -0.870. The Morgan fingerprint density at radius 1 is 1.45 bits per heavy atom. The van der Waals surface area contributed by atoms with E-state index in [9.17, 15) is 4.79 Å². The van der Waals surface area contributed by atoms with Crippen LogP contribution in [0.25, 0.3) is 0 Å². The molecular formula is C15H17NO3S. The van der Waals surface area contributed by atoms with Crippen LogP contribution in [0.1, 0.15) is 33.8 Å². The molecule has 2 aromatic rings. The van der Waals surface area contributed by atoms with E-state index in [4.69, 9.17) is 9.84 Å². The van der Waals surface area contributed by atoms with Crippen LogP contribution in [0.15, 0.2) is 35.7 Å². The Labute approximate surface area is 122 Å². The van der Waals surface area contributed by atoms with E-state index in [2.05, 4.69) is 5.32 Å². The van der Waals surface area contributed by atoms with E-state index < -0.39 is 5.97 Å². The molecule has 1 heterocycles. The minimum Gasteiger partial charge on any atom is -0.497 e. The second kappa shape index (κ2) is 6.54. The van der Waals surface area contributed by atoms with E-state index in [0.29, 0.717) is 11.4 Å². The first kappa shape index (κ1) is 14.6. The van der Waals surface area contributed by atoms with Gasteiger partial charge in [0.2, 0.25) is 0 Å². The molecule has 0 amide bonds. The standard InChI is InChI=1S/C15H17NO3S/c1-10(11-4-3-5-13(8-11)19-2)16-9-12-6-7-20-14(12)15(17)18/h3-8,10,16H,9H2,1-2H3,(H,17,18)/t10-/m0/s1. The number of hydrogen-bond donors (Lipinski definition) is 2. The van der Waals surface area contributed by atoms with E-state index in [-0.39, 0.29) is 6.04 Å². The van der Waals surface area contributed by atoms with Crippen molar-refractivity contribution >= 4 is 17.3 Å². The minimum absolute atomic E-state index is 0.117. The number of carboxylic acid groups (broad SMARTS) is 1. The summed E-state index contributed by atoms with van der Waals surface area (Å²) in [6, 6.07) is 9.80. The number of methoxy groups -OCH3 is 1. The highest BCUT2D eigenvalue weighted by Gasteiger charge is 2.13. The number of thiophene rings is 1. The maximum absolute atomic E-state index is 11.0. The molecular weight excluding hydrogens is 274 g/mol. The smallest absolute Gasteiger partial charge is 0.346 e. The number of carbonyl (C=O) groups is 1. The molecule has 1 atom stereocenters. The highest BCUT2D eigenvalue weighted by molar-refractivity contribution is 7.12. The number of rotatable bonds is 6. The Morgan fingerprint density at radius 2 is 2.25 bits per heavy atom. The Morgan fingerprint density at radius 3 is 2.95 bits per heavy atom. The van der Waals surface area contributed by atoms with Crippen molar-refractivity contribution in [1.29, 1.82) is 0 Å². The number of benzene rings is 1. The van der Waals surface area contributed by atoms with Gasteiger partial charge in [0, 0.05) is 12.6 Å². The Bertz CT molecular complexity index is 594. The van der Waals surface area contributed by atoms with Gasteiger partial charge in [-0.05, 0) is 41.6 Å². The van der Waals surface area contributed by atoms with Crippen LogP contribution in [0.5, 0.6) is 5.75 Å². The van der Waals surface area contributed by atoms with Crippen LogP contribution < -0.4 is 10.1 Å². The number of nitrogens with one attached hydrogen (secondary N) is 1. The van der Waals surface area contributed by atoms with Crippen LogP contribution in [0.2, 0.25) is 0 Å². The van der Waals surface area contributed by atoms with E-state index in [0.717, 1.165) is 16.9 Å². The maximum atomic E-state index is 11.0. The van der Waals surface area contributed by atoms with Crippen molar-refractivity contribution in [3.05, 3.63) is 51.7 Å². The highest BCUT2D eigenvalue weighted by atomic mass is 32.1. The van der Waals surface area contributed by atoms with Crippen molar-refractivity contribution in [2.75, 3.05) is 7.11 Å². The first-order valence-corrected chi connectivity index (χ1v) is 7.16. The summed E-state index contributed by atoms with van der Waals surface area (Å²) in [4.78, 5) is 11.4. The molecule has 5 heteroatoms. The second-order valence-corrected chi connectivity index (χ2v) is 5.38. The van der Waals surface area contributed by atoms with Crippen LogP contribution in [0.4, 0.5) is 0 Å². The van der Waals surface area contributed by atoms with Gasteiger partial charge >= 0.3 is 5.97 Å². The van der Waals surface area contributed by atoms with Crippen molar-refractivity contribution in [2.24, 2.45) is 0 Å². The molecule has 4 nitrogen and oxygen atoms in total. The van der Waals surface area contributed by atoms with Gasteiger partial charge in [-0.25, -0.2) is 4.79 Å². The normalized spacial score (nSPS) is 12.1. The summed E-state index contributed by atoms with van der Waals surface area (Å²) >= 11 is 1.25. The summed E-state index contributed by atoms with van der Waals surface area (Å²) < 4.78 is 5.20. The Balaban J connectivity index is 2.02. The molecule has 0 bridgehead atoms. The molecule has 1 aromatic heterocycles. The van der Waals surface area contributed by atoms with Gasteiger partial charge in [0.15, 0.2) is 0 Å². The van der Waals surface area contributed by atoms with Crippen molar-refractivity contribution in [3.63, 3.8) is 0 Å². The highest BCUT2D eigenvalue weighted by Crippen LogP contribution is 2.21. The zero-order valence-corrected chi connectivity index (χ0v) is 12.2. The summed E-state index contributed by atoms with van der Waals surface area (Å²) in [5.41, 5.74) is 1.92. The van der Waals surface area contributed by atoms with Crippen molar-refractivity contribution < 1.29 is 14.6 Å². The quantitative estimate of drug-likeness (QED) is 0.857. The number of ether oxygens (including phenoxy) is 1. The zero-order chi connectivity index (χ0) is 14.5. The van der Waals surface area contributed by atoms with Gasteiger partial charge in [0.25, 0.3) is 0 Å². The monoisotopic (exact) mass is 291 g/mol. The lowest BCUT2D eigenvalue weighted by Gasteiger charge is -2.15.